The van der Waals surface area contributed by atoms with Crippen LogP contribution in [0, 0.1) is 0 Å². The molecule has 0 radical (unpaired) electrons. The van der Waals surface area contributed by atoms with Crippen LogP contribution in [0.4, 0.5) is 5.69 Å². The van der Waals surface area contributed by atoms with Crippen molar-refractivity contribution in [3.63, 3.8) is 0 Å². The lowest BCUT2D eigenvalue weighted by Crippen LogP contribution is -2.38. The Morgan fingerprint density at radius 1 is 1.00 bits per heavy atom. The lowest BCUT2D eigenvalue weighted by molar-refractivity contribution is -0.152. The Hall–Kier alpha value is -4.36. The second kappa shape index (κ2) is 15.6. The van der Waals surface area contributed by atoms with Gasteiger partial charge in [-0.1, -0.05) is 78.9 Å². The molecule has 0 spiro atoms. The molecule has 0 aliphatic carbocycles. The van der Waals surface area contributed by atoms with Crippen molar-refractivity contribution in [3.8, 4) is 0 Å². The summed E-state index contributed by atoms with van der Waals surface area (Å²) in [4.78, 5) is 25.9. The highest BCUT2D eigenvalue weighted by Gasteiger charge is 2.40. The third-order valence-corrected chi connectivity index (χ3v) is 8.35. The zero-order valence-electron chi connectivity index (χ0n) is 27.2. The molecule has 0 aromatic heterocycles. The van der Waals surface area contributed by atoms with E-state index in [9.17, 15) is 9.59 Å². The zero-order chi connectivity index (χ0) is 32.4. The Bertz CT molecular complexity index is 1460. The summed E-state index contributed by atoms with van der Waals surface area (Å²) in [6, 6.07) is 29.2. The topological polar surface area (TPSA) is 93.9 Å². The van der Waals surface area contributed by atoms with E-state index in [-0.39, 0.29) is 17.9 Å². The molecule has 3 aromatic rings. The molecule has 238 valence electrons. The van der Waals surface area contributed by atoms with Crippen LogP contribution in [0.25, 0.3) is 0 Å². The number of carbonyl (C=O) groups is 2. The minimum absolute atomic E-state index is 0.194. The summed E-state index contributed by atoms with van der Waals surface area (Å²) in [6.07, 6.45) is 3.90. The van der Waals surface area contributed by atoms with E-state index in [0.717, 1.165) is 49.4 Å². The van der Waals surface area contributed by atoms with E-state index in [2.05, 4.69) is 88.6 Å². The number of rotatable bonds is 9. The number of allylic oxidation sites excluding steroid dienone is 3. The number of likely N-dealkylation sites (tertiary alicyclic amines) is 1. The average Bonchev–Trinajstić information content (AvgIpc) is 3.38. The Kier molecular flexibility index (Phi) is 11.6. The molecule has 3 N–H and O–H groups in total. The van der Waals surface area contributed by atoms with Crippen LogP contribution < -0.4 is 11.1 Å². The second-order valence-electron chi connectivity index (χ2n) is 12.1. The van der Waals surface area contributed by atoms with Gasteiger partial charge in [-0.2, -0.15) is 0 Å². The first-order chi connectivity index (χ1) is 21.6. The molecule has 7 nitrogen and oxygen atoms in total. The van der Waals surface area contributed by atoms with Gasteiger partial charge in [0.25, 0.3) is 0 Å². The van der Waals surface area contributed by atoms with Gasteiger partial charge in [0.05, 0.1) is 12.2 Å². The van der Waals surface area contributed by atoms with Gasteiger partial charge in [-0.15, -0.1) is 0 Å². The minimum Gasteiger partial charge on any atom is -0.466 e. The van der Waals surface area contributed by atoms with Crippen LogP contribution in [0.3, 0.4) is 0 Å². The van der Waals surface area contributed by atoms with E-state index in [1.165, 1.54) is 18.1 Å². The highest BCUT2D eigenvalue weighted by atomic mass is 16.6. The predicted molar refractivity (Wildman–Crippen MR) is 180 cm³/mol. The van der Waals surface area contributed by atoms with Crippen molar-refractivity contribution in [2.45, 2.75) is 64.9 Å². The van der Waals surface area contributed by atoms with Crippen LogP contribution in [-0.2, 0) is 19.1 Å². The SMILES string of the molecule is CC1=CC(c2cccc(N)c2)C(C(=O)OC2(C)CCN(CCC(c3ccccc3)c3ccccc3)C2)=C(C)N1.CCOC(C)=O. The molecule has 1 fully saturated rings. The van der Waals surface area contributed by atoms with E-state index in [4.69, 9.17) is 10.5 Å². The molecule has 2 aliphatic heterocycles. The molecule has 2 atom stereocenters. The number of nitrogens with two attached hydrogens (primary N) is 1. The normalized spacial score (nSPS) is 19.7. The smallest absolute Gasteiger partial charge is 0.337 e. The van der Waals surface area contributed by atoms with Gasteiger partial charge < -0.3 is 20.5 Å². The molecule has 0 bridgehead atoms. The van der Waals surface area contributed by atoms with E-state index in [1.807, 2.05) is 38.1 Å². The van der Waals surface area contributed by atoms with Crippen LogP contribution >= 0.6 is 0 Å². The summed E-state index contributed by atoms with van der Waals surface area (Å²) in [7, 11) is 0. The van der Waals surface area contributed by atoms with Crippen molar-refractivity contribution in [1.29, 1.82) is 0 Å². The highest BCUT2D eigenvalue weighted by Crippen LogP contribution is 2.36. The number of dihydropyridines is 1. The fraction of sp³-hybridized carbons (Fsp3) is 0.368. The summed E-state index contributed by atoms with van der Waals surface area (Å²) in [5.41, 5.74) is 12.4. The van der Waals surface area contributed by atoms with Crippen LogP contribution in [-0.4, -0.2) is 48.7 Å². The molecular formula is C38H47N3O4. The van der Waals surface area contributed by atoms with E-state index in [0.29, 0.717) is 23.8 Å². The maximum atomic E-state index is 13.7. The average molecular weight is 610 g/mol. The van der Waals surface area contributed by atoms with Crippen molar-refractivity contribution in [1.82, 2.24) is 10.2 Å². The fourth-order valence-corrected chi connectivity index (χ4v) is 6.26. The molecule has 2 aliphatic rings. The number of esters is 2. The van der Waals surface area contributed by atoms with E-state index >= 15 is 0 Å². The van der Waals surface area contributed by atoms with Gasteiger partial charge in [0.2, 0.25) is 0 Å². The molecule has 2 unspecified atom stereocenters. The van der Waals surface area contributed by atoms with Crippen LogP contribution in [0.2, 0.25) is 0 Å². The number of nitrogens with zero attached hydrogens (tertiary/aromatic N) is 1. The summed E-state index contributed by atoms with van der Waals surface area (Å²) in [6.45, 7) is 12.3. The maximum absolute atomic E-state index is 13.7. The number of hydrogen-bond acceptors (Lipinski definition) is 7. The first-order valence-electron chi connectivity index (χ1n) is 15.8. The van der Waals surface area contributed by atoms with Gasteiger partial charge >= 0.3 is 11.9 Å². The Morgan fingerprint density at radius 3 is 2.20 bits per heavy atom. The number of anilines is 1. The van der Waals surface area contributed by atoms with E-state index in [1.54, 1.807) is 6.92 Å². The molecule has 1 saturated heterocycles. The molecule has 3 aromatic carbocycles. The monoisotopic (exact) mass is 609 g/mol. The molecule has 5 rings (SSSR count). The van der Waals surface area contributed by atoms with Crippen LogP contribution in [0.1, 0.15) is 76.0 Å². The van der Waals surface area contributed by atoms with Crippen molar-refractivity contribution < 1.29 is 19.1 Å². The largest absolute Gasteiger partial charge is 0.466 e. The van der Waals surface area contributed by atoms with Gasteiger partial charge in [-0.3, -0.25) is 9.69 Å². The number of benzene rings is 3. The fourth-order valence-electron chi connectivity index (χ4n) is 6.26. The Labute approximate surface area is 268 Å². The number of nitrogens with one attached hydrogen (secondary N) is 1. The molecular weight excluding hydrogens is 562 g/mol. The molecule has 0 amide bonds. The lowest BCUT2D eigenvalue weighted by Gasteiger charge is -2.30. The Morgan fingerprint density at radius 2 is 1.64 bits per heavy atom. The summed E-state index contributed by atoms with van der Waals surface area (Å²) in [5.74, 6) is -0.331. The highest BCUT2D eigenvalue weighted by molar-refractivity contribution is 5.92. The number of nitrogen functional groups attached to an aromatic ring is 1. The van der Waals surface area contributed by atoms with Crippen molar-refractivity contribution >= 4 is 17.6 Å². The second-order valence-corrected chi connectivity index (χ2v) is 12.1. The molecule has 7 heteroatoms. The number of carbonyl (C=O) groups excluding carboxylic acids is 2. The van der Waals surface area contributed by atoms with Gasteiger partial charge in [0.1, 0.15) is 5.60 Å². The molecule has 0 saturated carbocycles. The lowest BCUT2D eigenvalue weighted by atomic mass is 9.86. The first-order valence-corrected chi connectivity index (χ1v) is 15.8. The van der Waals surface area contributed by atoms with Gasteiger partial charge in [0.15, 0.2) is 0 Å². The summed E-state index contributed by atoms with van der Waals surface area (Å²) >= 11 is 0. The van der Waals surface area contributed by atoms with Crippen molar-refractivity contribution in [2.75, 3.05) is 32.0 Å². The van der Waals surface area contributed by atoms with Gasteiger partial charge in [-0.25, -0.2) is 4.79 Å². The van der Waals surface area contributed by atoms with Crippen LogP contribution in [0.15, 0.2) is 108 Å². The van der Waals surface area contributed by atoms with Crippen molar-refractivity contribution in [2.24, 2.45) is 0 Å². The molecule has 45 heavy (non-hydrogen) atoms. The van der Waals surface area contributed by atoms with E-state index < -0.39 is 5.60 Å². The standard InChI is InChI=1S/C34H39N3O2.C4H8O2/c1-24-21-31(28-15-10-16-29(35)22-28)32(25(2)36-24)33(38)39-34(3)18-20-37(23-34)19-17-30(26-11-6-4-7-12-26)27-13-8-5-9-14-27;1-3-6-4(2)5/h4-16,21-22,30-31,36H,17-20,23,35H2,1-3H3;3H2,1-2H3. The van der Waals surface area contributed by atoms with Gasteiger partial charge in [0, 0.05) is 55.4 Å². The number of hydrogen-bond donors (Lipinski definition) is 2. The zero-order valence-corrected chi connectivity index (χ0v) is 27.2. The quantitative estimate of drug-likeness (QED) is 0.201. The minimum atomic E-state index is -0.532. The maximum Gasteiger partial charge on any atom is 0.337 e. The summed E-state index contributed by atoms with van der Waals surface area (Å²) in [5, 5.41) is 3.33. The molecule has 2 heterocycles. The summed E-state index contributed by atoms with van der Waals surface area (Å²) < 4.78 is 10.7. The Balaban J connectivity index is 0.000000700. The third-order valence-electron chi connectivity index (χ3n) is 8.35. The first kappa shape index (κ1) is 33.5. The predicted octanol–water partition coefficient (Wildman–Crippen LogP) is 6.93. The van der Waals surface area contributed by atoms with Gasteiger partial charge in [-0.05, 0) is 69.5 Å². The third kappa shape index (κ3) is 9.32. The number of ether oxygens (including phenoxy) is 2. The van der Waals surface area contributed by atoms with Crippen LogP contribution in [0.5, 0.6) is 0 Å². The van der Waals surface area contributed by atoms with Crippen molar-refractivity contribution in [3.05, 3.63) is 125 Å².